The van der Waals surface area contributed by atoms with Crippen molar-refractivity contribution in [3.63, 3.8) is 0 Å². The number of thiophene rings is 1. The van der Waals surface area contributed by atoms with Gasteiger partial charge in [0.25, 0.3) is 0 Å². The summed E-state index contributed by atoms with van der Waals surface area (Å²) in [5.41, 5.74) is 1.38. The summed E-state index contributed by atoms with van der Waals surface area (Å²) in [6.45, 7) is 5.31. The van der Waals surface area contributed by atoms with Gasteiger partial charge < -0.3 is 10.6 Å². The van der Waals surface area contributed by atoms with Crippen molar-refractivity contribution in [2.24, 2.45) is 4.99 Å². The first kappa shape index (κ1) is 18.0. The first-order chi connectivity index (χ1) is 12.2. The van der Waals surface area contributed by atoms with E-state index in [1.165, 1.54) is 10.4 Å². The molecule has 25 heavy (non-hydrogen) atoms. The molecular formula is C20H28N4S. The standard InChI is InChI=1S/C20H28N4S/c1-16-13-18(15-24(16)14-17-7-4-3-5-8-17)23-20(21-2)22-11-10-19-9-6-12-25-19/h3-9,12,16,18H,10-11,13-15H2,1-2H3,(H2,21,22,23). The first-order valence-corrected chi connectivity index (χ1v) is 9.90. The minimum atomic E-state index is 0.451. The van der Waals surface area contributed by atoms with Crippen LogP contribution in [0.3, 0.4) is 0 Å². The van der Waals surface area contributed by atoms with E-state index in [2.05, 4.69) is 75.3 Å². The largest absolute Gasteiger partial charge is 0.356 e. The molecular weight excluding hydrogens is 328 g/mol. The Morgan fingerprint density at radius 1 is 1.24 bits per heavy atom. The molecule has 1 saturated heterocycles. The Labute approximate surface area is 155 Å². The molecule has 1 aromatic carbocycles. The lowest BCUT2D eigenvalue weighted by Gasteiger charge is -2.21. The lowest BCUT2D eigenvalue weighted by molar-refractivity contribution is 0.258. The van der Waals surface area contributed by atoms with E-state index >= 15 is 0 Å². The second-order valence-corrected chi connectivity index (χ2v) is 7.70. The summed E-state index contributed by atoms with van der Waals surface area (Å²) >= 11 is 1.81. The van der Waals surface area contributed by atoms with Gasteiger partial charge >= 0.3 is 0 Å². The number of hydrogen-bond donors (Lipinski definition) is 2. The van der Waals surface area contributed by atoms with Crippen molar-refractivity contribution in [2.45, 2.75) is 38.4 Å². The van der Waals surface area contributed by atoms with Crippen LogP contribution in [-0.4, -0.2) is 43.1 Å². The van der Waals surface area contributed by atoms with Crippen LogP contribution in [0.5, 0.6) is 0 Å². The Morgan fingerprint density at radius 2 is 2.08 bits per heavy atom. The van der Waals surface area contributed by atoms with E-state index in [9.17, 15) is 0 Å². The van der Waals surface area contributed by atoms with Gasteiger partial charge in [0, 0.05) is 43.6 Å². The second kappa shape index (κ2) is 9.02. The van der Waals surface area contributed by atoms with E-state index in [4.69, 9.17) is 0 Å². The molecule has 2 N–H and O–H groups in total. The van der Waals surface area contributed by atoms with Gasteiger partial charge in [-0.15, -0.1) is 11.3 Å². The highest BCUT2D eigenvalue weighted by Gasteiger charge is 2.29. The Bertz CT molecular complexity index is 654. The molecule has 0 radical (unpaired) electrons. The van der Waals surface area contributed by atoms with Gasteiger partial charge in [0.15, 0.2) is 5.96 Å². The summed E-state index contributed by atoms with van der Waals surface area (Å²) in [7, 11) is 1.85. The van der Waals surface area contributed by atoms with Gasteiger partial charge in [-0.2, -0.15) is 0 Å². The minimum absolute atomic E-state index is 0.451. The van der Waals surface area contributed by atoms with Gasteiger partial charge in [0.2, 0.25) is 0 Å². The van der Waals surface area contributed by atoms with E-state index in [1.807, 2.05) is 18.4 Å². The van der Waals surface area contributed by atoms with Crippen LogP contribution in [0.4, 0.5) is 0 Å². The highest BCUT2D eigenvalue weighted by atomic mass is 32.1. The van der Waals surface area contributed by atoms with Gasteiger partial charge in [0.1, 0.15) is 0 Å². The van der Waals surface area contributed by atoms with Crippen molar-refractivity contribution in [1.82, 2.24) is 15.5 Å². The van der Waals surface area contributed by atoms with Gasteiger partial charge in [-0.25, -0.2) is 0 Å². The Balaban J connectivity index is 1.45. The van der Waals surface area contributed by atoms with Gasteiger partial charge in [-0.3, -0.25) is 9.89 Å². The molecule has 3 rings (SSSR count). The van der Waals surface area contributed by atoms with E-state index in [1.54, 1.807) is 0 Å². The zero-order valence-electron chi connectivity index (χ0n) is 15.1. The van der Waals surface area contributed by atoms with Crippen molar-refractivity contribution in [1.29, 1.82) is 0 Å². The van der Waals surface area contributed by atoms with Gasteiger partial charge in [-0.1, -0.05) is 36.4 Å². The summed E-state index contributed by atoms with van der Waals surface area (Å²) in [6.07, 6.45) is 2.19. The number of guanidine groups is 1. The van der Waals surface area contributed by atoms with Crippen LogP contribution in [-0.2, 0) is 13.0 Å². The van der Waals surface area contributed by atoms with Crippen molar-refractivity contribution in [3.05, 3.63) is 58.3 Å². The van der Waals surface area contributed by atoms with Crippen LogP contribution in [0.15, 0.2) is 52.8 Å². The molecule has 1 aliphatic rings. The summed E-state index contributed by atoms with van der Waals surface area (Å²) < 4.78 is 0. The van der Waals surface area contributed by atoms with Crippen LogP contribution in [0.1, 0.15) is 23.8 Å². The topological polar surface area (TPSA) is 39.7 Å². The fourth-order valence-corrected chi connectivity index (χ4v) is 4.10. The van der Waals surface area contributed by atoms with Crippen LogP contribution >= 0.6 is 11.3 Å². The average molecular weight is 357 g/mol. The number of likely N-dealkylation sites (tertiary alicyclic amines) is 1. The van der Waals surface area contributed by atoms with E-state index in [0.717, 1.165) is 38.4 Å². The molecule has 134 valence electrons. The number of nitrogens with zero attached hydrogens (tertiary/aromatic N) is 2. The Morgan fingerprint density at radius 3 is 2.80 bits per heavy atom. The van der Waals surface area contributed by atoms with Crippen molar-refractivity contribution < 1.29 is 0 Å². The smallest absolute Gasteiger partial charge is 0.191 e. The fraction of sp³-hybridized carbons (Fsp3) is 0.450. The highest BCUT2D eigenvalue weighted by Crippen LogP contribution is 2.20. The molecule has 2 atom stereocenters. The maximum atomic E-state index is 4.38. The van der Waals surface area contributed by atoms with E-state index < -0.39 is 0 Å². The molecule has 0 amide bonds. The molecule has 2 heterocycles. The number of hydrogen-bond acceptors (Lipinski definition) is 3. The summed E-state index contributed by atoms with van der Waals surface area (Å²) in [5, 5.41) is 9.16. The lowest BCUT2D eigenvalue weighted by Crippen LogP contribution is -2.45. The van der Waals surface area contributed by atoms with Crippen LogP contribution in [0.25, 0.3) is 0 Å². The number of benzene rings is 1. The molecule has 4 nitrogen and oxygen atoms in total. The molecule has 0 bridgehead atoms. The third-order valence-electron chi connectivity index (χ3n) is 4.74. The summed E-state index contributed by atoms with van der Waals surface area (Å²) in [4.78, 5) is 8.34. The highest BCUT2D eigenvalue weighted by molar-refractivity contribution is 7.09. The zero-order valence-corrected chi connectivity index (χ0v) is 15.9. The molecule has 2 aromatic rings. The van der Waals surface area contributed by atoms with Crippen LogP contribution in [0.2, 0.25) is 0 Å². The fourth-order valence-electron chi connectivity index (χ4n) is 3.39. The maximum Gasteiger partial charge on any atom is 0.191 e. The van der Waals surface area contributed by atoms with E-state index in [-0.39, 0.29) is 0 Å². The lowest BCUT2D eigenvalue weighted by atomic mass is 10.2. The van der Waals surface area contributed by atoms with Crippen molar-refractivity contribution in [3.8, 4) is 0 Å². The van der Waals surface area contributed by atoms with Crippen LogP contribution < -0.4 is 10.6 Å². The summed E-state index contributed by atoms with van der Waals surface area (Å²) in [5.74, 6) is 0.912. The molecule has 5 heteroatoms. The molecule has 0 spiro atoms. The molecule has 0 aliphatic carbocycles. The predicted molar refractivity (Wildman–Crippen MR) is 107 cm³/mol. The zero-order chi connectivity index (χ0) is 17.5. The normalized spacial score (nSPS) is 21.4. The van der Waals surface area contributed by atoms with Gasteiger partial charge in [-0.05, 0) is 36.8 Å². The van der Waals surface area contributed by atoms with Gasteiger partial charge in [0.05, 0.1) is 0 Å². The molecule has 1 aliphatic heterocycles. The second-order valence-electron chi connectivity index (χ2n) is 6.67. The Hall–Kier alpha value is -1.85. The third-order valence-corrected chi connectivity index (χ3v) is 5.68. The van der Waals surface area contributed by atoms with Crippen molar-refractivity contribution >= 4 is 17.3 Å². The molecule has 2 unspecified atom stereocenters. The number of rotatable bonds is 6. The van der Waals surface area contributed by atoms with Crippen LogP contribution in [0, 0.1) is 0 Å². The minimum Gasteiger partial charge on any atom is -0.356 e. The first-order valence-electron chi connectivity index (χ1n) is 9.02. The monoisotopic (exact) mass is 356 g/mol. The van der Waals surface area contributed by atoms with E-state index in [0.29, 0.717) is 12.1 Å². The molecule has 1 fully saturated rings. The predicted octanol–water partition coefficient (Wildman–Crippen LogP) is 3.12. The quantitative estimate of drug-likeness (QED) is 0.617. The summed E-state index contributed by atoms with van der Waals surface area (Å²) in [6, 6.07) is 16.0. The third kappa shape index (κ3) is 5.31. The maximum absolute atomic E-state index is 4.38. The number of nitrogens with one attached hydrogen (secondary N) is 2. The molecule has 0 saturated carbocycles. The molecule has 1 aromatic heterocycles. The number of aliphatic imine (C=N–C) groups is 1. The Kier molecular flexibility index (Phi) is 6.48. The average Bonchev–Trinajstić information content (AvgIpc) is 3.25. The SMILES string of the molecule is CN=C(NCCc1cccs1)NC1CC(C)N(Cc2ccccc2)C1. The van der Waals surface area contributed by atoms with Crippen molar-refractivity contribution in [2.75, 3.05) is 20.1 Å².